The van der Waals surface area contributed by atoms with Gasteiger partial charge in [0.15, 0.2) is 0 Å². The highest BCUT2D eigenvalue weighted by atomic mass is 32.2. The van der Waals surface area contributed by atoms with Crippen LogP contribution in [0.5, 0.6) is 0 Å². The zero-order valence-electron chi connectivity index (χ0n) is 9.27. The molecular weight excluding hydrogens is 224 g/mol. The number of rotatable bonds is 6. The summed E-state index contributed by atoms with van der Waals surface area (Å²) in [4.78, 5) is 2.57. The van der Waals surface area contributed by atoms with Crippen molar-refractivity contribution >= 4 is 23.5 Å². The molecule has 0 aliphatic rings. The lowest BCUT2D eigenvalue weighted by Gasteiger charge is -2.08. The van der Waals surface area contributed by atoms with Crippen molar-refractivity contribution in [1.82, 2.24) is 0 Å². The Balaban J connectivity index is 2.48. The fourth-order valence-corrected chi connectivity index (χ4v) is 2.67. The first-order valence-electron chi connectivity index (χ1n) is 5.26. The van der Waals surface area contributed by atoms with E-state index in [1.165, 1.54) is 16.2 Å². The molecule has 84 valence electrons. The largest absolute Gasteiger partial charge is 0.396 e. The molecule has 1 rings (SSSR count). The van der Waals surface area contributed by atoms with E-state index in [4.69, 9.17) is 5.11 Å². The van der Waals surface area contributed by atoms with Gasteiger partial charge in [0.1, 0.15) is 0 Å². The summed E-state index contributed by atoms with van der Waals surface area (Å²) in [5, 5.41) is 9.39. The summed E-state index contributed by atoms with van der Waals surface area (Å²) in [6.07, 6.45) is 1.20. The average molecular weight is 242 g/mol. The number of thioether (sulfide) groups is 2. The second-order valence-electron chi connectivity index (χ2n) is 3.38. The fourth-order valence-electron chi connectivity index (χ4n) is 1.09. The van der Waals surface area contributed by atoms with Gasteiger partial charge in [-0.2, -0.15) is 0 Å². The Morgan fingerprint density at radius 3 is 2.33 bits per heavy atom. The fraction of sp³-hybridized carbons (Fsp3) is 0.500. The second kappa shape index (κ2) is 7.20. The summed E-state index contributed by atoms with van der Waals surface area (Å²) in [6.45, 7) is 4.70. The minimum Gasteiger partial charge on any atom is -0.396 e. The van der Waals surface area contributed by atoms with Gasteiger partial charge in [0, 0.05) is 20.8 Å². The van der Waals surface area contributed by atoms with E-state index in [0.717, 1.165) is 5.75 Å². The van der Waals surface area contributed by atoms with Crippen LogP contribution in [0.4, 0.5) is 0 Å². The summed E-state index contributed by atoms with van der Waals surface area (Å²) >= 11 is 3.61. The predicted octanol–water partition coefficient (Wildman–Crippen LogP) is 3.66. The Labute approximate surface area is 101 Å². The van der Waals surface area contributed by atoms with E-state index in [2.05, 4.69) is 38.1 Å². The van der Waals surface area contributed by atoms with Crippen LogP contribution in [0.15, 0.2) is 34.1 Å². The third-order valence-electron chi connectivity index (χ3n) is 2.10. The van der Waals surface area contributed by atoms with Gasteiger partial charge < -0.3 is 5.11 Å². The zero-order valence-corrected chi connectivity index (χ0v) is 10.9. The van der Waals surface area contributed by atoms with Crippen LogP contribution in [0.1, 0.15) is 20.3 Å². The van der Waals surface area contributed by atoms with Gasteiger partial charge in [-0.1, -0.05) is 13.8 Å². The summed E-state index contributed by atoms with van der Waals surface area (Å²) in [5.41, 5.74) is 0. The van der Waals surface area contributed by atoms with Gasteiger partial charge in [0.05, 0.1) is 6.61 Å². The first-order valence-corrected chi connectivity index (χ1v) is 7.13. The number of hydrogen-bond acceptors (Lipinski definition) is 3. The van der Waals surface area contributed by atoms with E-state index < -0.39 is 0 Å². The Kier molecular flexibility index (Phi) is 6.22. The van der Waals surface area contributed by atoms with Crippen LogP contribution in [0.25, 0.3) is 0 Å². The molecule has 1 unspecified atom stereocenters. The van der Waals surface area contributed by atoms with E-state index in [9.17, 15) is 0 Å². The molecule has 1 aromatic carbocycles. The van der Waals surface area contributed by atoms with Gasteiger partial charge >= 0.3 is 0 Å². The van der Waals surface area contributed by atoms with Crippen LogP contribution >= 0.6 is 23.5 Å². The van der Waals surface area contributed by atoms with Gasteiger partial charge in [-0.15, -0.1) is 23.5 Å². The first-order chi connectivity index (χ1) is 7.26. The zero-order chi connectivity index (χ0) is 11.1. The van der Waals surface area contributed by atoms with Crippen LogP contribution in [0.2, 0.25) is 0 Å². The lowest BCUT2D eigenvalue weighted by molar-refractivity contribution is 0.322. The third-order valence-corrected chi connectivity index (χ3v) is 4.37. The number of benzene rings is 1. The Morgan fingerprint density at radius 2 is 1.80 bits per heavy atom. The van der Waals surface area contributed by atoms with Crippen molar-refractivity contribution in [3.63, 3.8) is 0 Å². The van der Waals surface area contributed by atoms with E-state index in [0.29, 0.717) is 5.25 Å². The van der Waals surface area contributed by atoms with E-state index in [1.54, 1.807) is 11.8 Å². The quantitative estimate of drug-likeness (QED) is 0.769. The molecule has 0 amide bonds. The molecule has 15 heavy (non-hydrogen) atoms. The van der Waals surface area contributed by atoms with Crippen LogP contribution in [0.3, 0.4) is 0 Å². The monoisotopic (exact) mass is 242 g/mol. The number of aliphatic hydroxyl groups excluding tert-OH is 1. The summed E-state index contributed by atoms with van der Waals surface area (Å²) in [5.74, 6) is 0.776. The predicted molar refractivity (Wildman–Crippen MR) is 69.9 cm³/mol. The van der Waals surface area contributed by atoms with Crippen molar-refractivity contribution in [2.45, 2.75) is 35.3 Å². The molecule has 3 heteroatoms. The van der Waals surface area contributed by atoms with Gasteiger partial charge in [-0.3, -0.25) is 0 Å². The minimum atomic E-state index is 0.244. The van der Waals surface area contributed by atoms with Crippen LogP contribution in [-0.4, -0.2) is 22.7 Å². The topological polar surface area (TPSA) is 20.2 Å². The number of aliphatic hydroxyl groups is 1. The smallest absolute Gasteiger partial charge is 0.0525 e. The molecule has 1 aromatic rings. The Morgan fingerprint density at radius 1 is 1.20 bits per heavy atom. The SMILES string of the molecule is CCC(C)Sc1ccc(SCCO)cc1. The molecule has 0 fully saturated rings. The minimum absolute atomic E-state index is 0.244. The standard InChI is InChI=1S/C12H18OS2/c1-3-10(2)15-12-6-4-11(5-7-12)14-9-8-13/h4-7,10,13H,3,8-9H2,1-2H3. The maximum absolute atomic E-state index is 8.71. The van der Waals surface area contributed by atoms with E-state index >= 15 is 0 Å². The van der Waals surface area contributed by atoms with Crippen molar-refractivity contribution < 1.29 is 5.11 Å². The van der Waals surface area contributed by atoms with Crippen LogP contribution in [-0.2, 0) is 0 Å². The molecule has 1 nitrogen and oxygen atoms in total. The molecule has 0 aliphatic carbocycles. The molecular formula is C12H18OS2. The lowest BCUT2D eigenvalue weighted by Crippen LogP contribution is -1.91. The van der Waals surface area contributed by atoms with E-state index in [1.807, 2.05) is 11.8 Å². The Bertz CT molecular complexity index is 271. The van der Waals surface area contributed by atoms with Crippen molar-refractivity contribution in [2.75, 3.05) is 12.4 Å². The van der Waals surface area contributed by atoms with Gasteiger partial charge in [0.2, 0.25) is 0 Å². The molecule has 0 radical (unpaired) electrons. The first kappa shape index (κ1) is 12.9. The van der Waals surface area contributed by atoms with Crippen molar-refractivity contribution in [3.8, 4) is 0 Å². The maximum Gasteiger partial charge on any atom is 0.0525 e. The highest BCUT2D eigenvalue weighted by Crippen LogP contribution is 2.27. The highest BCUT2D eigenvalue weighted by molar-refractivity contribution is 8.00. The summed E-state index contributed by atoms with van der Waals surface area (Å²) in [7, 11) is 0. The molecule has 0 saturated carbocycles. The molecule has 0 heterocycles. The van der Waals surface area contributed by atoms with Crippen LogP contribution in [0, 0.1) is 0 Å². The lowest BCUT2D eigenvalue weighted by atomic mass is 10.4. The maximum atomic E-state index is 8.71. The third kappa shape index (κ3) is 4.96. The van der Waals surface area contributed by atoms with Crippen molar-refractivity contribution in [3.05, 3.63) is 24.3 Å². The molecule has 0 saturated heterocycles. The van der Waals surface area contributed by atoms with Crippen molar-refractivity contribution in [2.24, 2.45) is 0 Å². The van der Waals surface area contributed by atoms with Gasteiger partial charge in [-0.05, 0) is 30.7 Å². The average Bonchev–Trinajstić information content (AvgIpc) is 2.28. The van der Waals surface area contributed by atoms with Gasteiger partial charge in [-0.25, -0.2) is 0 Å². The molecule has 1 atom stereocenters. The molecule has 1 N–H and O–H groups in total. The van der Waals surface area contributed by atoms with Crippen molar-refractivity contribution in [1.29, 1.82) is 0 Å². The van der Waals surface area contributed by atoms with Crippen LogP contribution < -0.4 is 0 Å². The summed E-state index contributed by atoms with van der Waals surface area (Å²) in [6, 6.07) is 8.59. The molecule has 0 bridgehead atoms. The molecule has 0 aliphatic heterocycles. The second-order valence-corrected chi connectivity index (χ2v) is 6.06. The van der Waals surface area contributed by atoms with Gasteiger partial charge in [0.25, 0.3) is 0 Å². The highest BCUT2D eigenvalue weighted by Gasteiger charge is 2.01. The molecule has 0 spiro atoms. The summed E-state index contributed by atoms with van der Waals surface area (Å²) < 4.78 is 0. The Hall–Kier alpha value is -0.120. The normalized spacial score (nSPS) is 12.7. The number of hydrogen-bond donors (Lipinski definition) is 1. The molecule has 0 aromatic heterocycles. The van der Waals surface area contributed by atoms with E-state index in [-0.39, 0.29) is 6.61 Å².